The number of rotatable bonds is 7. The summed E-state index contributed by atoms with van der Waals surface area (Å²) in [5.41, 5.74) is 0.946. The normalized spacial score (nSPS) is 26.0. The van der Waals surface area contributed by atoms with Crippen LogP contribution in [0.4, 0.5) is 0 Å². The summed E-state index contributed by atoms with van der Waals surface area (Å²) in [5, 5.41) is 20.3. The monoisotopic (exact) mass is 490 g/mol. The van der Waals surface area contributed by atoms with E-state index >= 15 is 0 Å². The molecular weight excluding hydrogens is 468 g/mol. The highest BCUT2D eigenvalue weighted by molar-refractivity contribution is 8.00. The van der Waals surface area contributed by atoms with E-state index in [1.807, 2.05) is 4.90 Å². The molecule has 2 N–H and O–H groups in total. The predicted octanol–water partition coefficient (Wildman–Crippen LogP) is -0.0331. The Kier molecular flexibility index (Phi) is 5.69. The summed E-state index contributed by atoms with van der Waals surface area (Å²) >= 11 is 2.58. The number of hydrogen-bond donors (Lipinski definition) is 2. The summed E-state index contributed by atoms with van der Waals surface area (Å²) in [6, 6.07) is -0.473. The molecule has 0 spiro atoms. The van der Waals surface area contributed by atoms with Gasteiger partial charge in [0.15, 0.2) is 5.16 Å². The van der Waals surface area contributed by atoms with Crippen molar-refractivity contribution in [2.24, 2.45) is 7.05 Å². The first-order chi connectivity index (χ1) is 15.8. The Morgan fingerprint density at radius 1 is 1.36 bits per heavy atom. The lowest BCUT2D eigenvalue weighted by molar-refractivity contribution is -0.150. The average Bonchev–Trinajstić information content (AvgIpc) is 3.45. The number of amides is 3. The number of likely N-dealkylation sites (tertiary alicyclic amines) is 1. The molecule has 3 amide bonds. The highest BCUT2D eigenvalue weighted by atomic mass is 32.2. The molecule has 0 bridgehead atoms. The Balaban J connectivity index is 1.27. The summed E-state index contributed by atoms with van der Waals surface area (Å²) in [6.45, 7) is 0.657. The van der Waals surface area contributed by atoms with Crippen LogP contribution in [-0.2, 0) is 26.2 Å². The van der Waals surface area contributed by atoms with Crippen molar-refractivity contribution in [1.82, 2.24) is 29.9 Å². The second kappa shape index (κ2) is 8.52. The van der Waals surface area contributed by atoms with Crippen molar-refractivity contribution in [3.05, 3.63) is 29.2 Å². The fourth-order valence-corrected chi connectivity index (χ4v) is 6.22. The Morgan fingerprint density at radius 3 is 2.82 bits per heavy atom. The van der Waals surface area contributed by atoms with Gasteiger partial charge in [0.25, 0.3) is 5.91 Å². The summed E-state index contributed by atoms with van der Waals surface area (Å²) in [4.78, 5) is 52.9. The largest absolute Gasteiger partial charge is 0.477 e. The molecule has 0 unspecified atom stereocenters. The quantitative estimate of drug-likeness (QED) is 0.306. The molecule has 1 aromatic rings. The van der Waals surface area contributed by atoms with Crippen LogP contribution in [0, 0.1) is 0 Å². The first kappa shape index (κ1) is 22.0. The third kappa shape index (κ3) is 4.03. The molecule has 4 heterocycles. The lowest BCUT2D eigenvalue weighted by Gasteiger charge is -2.49. The standard InChI is InChI=1S/C20H22N6O5S2/c1-24-9-21-23-20(24)33-8-13(27)22-14-17(29)26-15(19(30)31)11(7-32-18(14)26)6-10-4-5-25(16(10)28)12-2-3-12/h6,9,12,14,18H,2-5,7-8H2,1H3,(H,22,27)(H,30,31)/b10-6+/t14-,18-/m1/s1. The molecule has 0 radical (unpaired) electrons. The first-order valence-corrected chi connectivity index (χ1v) is 12.6. The van der Waals surface area contributed by atoms with E-state index in [0.717, 1.165) is 12.8 Å². The fraction of sp³-hybridized carbons (Fsp3) is 0.500. The number of carbonyl (C=O) groups excluding carboxylic acids is 3. The van der Waals surface area contributed by atoms with Crippen LogP contribution in [-0.4, -0.2) is 88.9 Å². The Bertz CT molecular complexity index is 1110. The number of carboxylic acids is 1. The van der Waals surface area contributed by atoms with Gasteiger partial charge in [-0.05, 0) is 30.9 Å². The third-order valence-corrected chi connectivity index (χ3v) is 8.35. The summed E-state index contributed by atoms with van der Waals surface area (Å²) in [5.74, 6) is -1.65. The minimum atomic E-state index is -1.22. The van der Waals surface area contributed by atoms with Gasteiger partial charge in [0.05, 0.1) is 5.75 Å². The van der Waals surface area contributed by atoms with E-state index in [1.54, 1.807) is 17.7 Å². The molecule has 1 aromatic heterocycles. The number of fused-ring (bicyclic) bond motifs is 1. The number of aryl methyl sites for hydroxylation is 1. The van der Waals surface area contributed by atoms with Gasteiger partial charge < -0.3 is 19.9 Å². The van der Waals surface area contributed by atoms with E-state index in [2.05, 4.69) is 15.5 Å². The molecule has 5 rings (SSSR count). The van der Waals surface area contributed by atoms with Crippen LogP contribution in [0.2, 0.25) is 0 Å². The van der Waals surface area contributed by atoms with Gasteiger partial charge in [-0.25, -0.2) is 4.79 Å². The molecule has 3 aliphatic heterocycles. The summed E-state index contributed by atoms with van der Waals surface area (Å²) in [7, 11) is 1.77. The molecule has 1 aliphatic carbocycles. The van der Waals surface area contributed by atoms with Crippen LogP contribution in [0.1, 0.15) is 19.3 Å². The van der Waals surface area contributed by atoms with Crippen LogP contribution in [0.25, 0.3) is 0 Å². The van der Waals surface area contributed by atoms with Crippen LogP contribution in [0.3, 0.4) is 0 Å². The molecular formula is C20H22N6O5S2. The minimum absolute atomic E-state index is 0.0395. The predicted molar refractivity (Wildman–Crippen MR) is 119 cm³/mol. The van der Waals surface area contributed by atoms with Crippen molar-refractivity contribution in [1.29, 1.82) is 0 Å². The van der Waals surface area contributed by atoms with Crippen molar-refractivity contribution in [2.45, 2.75) is 41.9 Å². The lowest BCUT2D eigenvalue weighted by Crippen LogP contribution is -2.70. The number of hydrogen-bond acceptors (Lipinski definition) is 8. The zero-order valence-corrected chi connectivity index (χ0v) is 19.4. The highest BCUT2D eigenvalue weighted by Crippen LogP contribution is 2.41. The second-order valence-electron chi connectivity index (χ2n) is 8.30. The topological polar surface area (TPSA) is 138 Å². The van der Waals surface area contributed by atoms with Gasteiger partial charge in [-0.2, -0.15) is 0 Å². The Morgan fingerprint density at radius 2 is 2.15 bits per heavy atom. The van der Waals surface area contributed by atoms with Crippen molar-refractivity contribution in [2.75, 3.05) is 18.1 Å². The molecule has 0 aromatic carbocycles. The van der Waals surface area contributed by atoms with Crippen LogP contribution >= 0.6 is 23.5 Å². The van der Waals surface area contributed by atoms with Gasteiger partial charge in [0.1, 0.15) is 23.4 Å². The molecule has 3 fully saturated rings. The van der Waals surface area contributed by atoms with Gasteiger partial charge in [-0.15, -0.1) is 22.0 Å². The Hall–Kier alpha value is -2.80. The molecule has 4 aliphatic rings. The van der Waals surface area contributed by atoms with Crippen LogP contribution in [0.15, 0.2) is 34.4 Å². The van der Waals surface area contributed by atoms with Crippen LogP contribution in [0.5, 0.6) is 0 Å². The van der Waals surface area contributed by atoms with Gasteiger partial charge in [-0.1, -0.05) is 11.8 Å². The van der Waals surface area contributed by atoms with Crippen molar-refractivity contribution in [3.8, 4) is 0 Å². The summed E-state index contributed by atoms with van der Waals surface area (Å²) < 4.78 is 1.68. The van der Waals surface area contributed by atoms with Gasteiger partial charge in [-0.3, -0.25) is 19.3 Å². The maximum atomic E-state index is 12.8. The number of carboxylic acid groups (broad SMARTS) is 1. The third-order valence-electron chi connectivity index (χ3n) is 6.01. The van der Waals surface area contributed by atoms with Crippen molar-refractivity contribution < 1.29 is 24.3 Å². The number of nitrogens with one attached hydrogen (secondary N) is 1. The number of aromatic nitrogens is 3. The minimum Gasteiger partial charge on any atom is -0.477 e. The van der Waals surface area contributed by atoms with Crippen LogP contribution < -0.4 is 5.32 Å². The maximum absolute atomic E-state index is 12.8. The van der Waals surface area contributed by atoms with Crippen molar-refractivity contribution in [3.63, 3.8) is 0 Å². The molecule has 2 atom stereocenters. The van der Waals surface area contributed by atoms with E-state index in [-0.39, 0.29) is 23.3 Å². The summed E-state index contributed by atoms with van der Waals surface area (Å²) in [6.07, 6.45) is 5.80. The number of carbonyl (C=O) groups is 4. The fourth-order valence-electron chi connectivity index (χ4n) is 4.22. The van der Waals surface area contributed by atoms with Crippen molar-refractivity contribution >= 4 is 47.2 Å². The SMILES string of the molecule is Cn1cnnc1SCC(=O)N[C@@H]1C(=O)N2C(C(=O)O)=C(/C=C3\CCN(C4CC4)C3=O)CS[C@H]12. The molecule has 174 valence electrons. The van der Waals surface area contributed by atoms with E-state index in [4.69, 9.17) is 0 Å². The van der Waals surface area contributed by atoms with E-state index < -0.39 is 23.3 Å². The van der Waals surface area contributed by atoms with Gasteiger partial charge >= 0.3 is 5.97 Å². The maximum Gasteiger partial charge on any atom is 0.352 e. The smallest absolute Gasteiger partial charge is 0.352 e. The number of thioether (sulfide) groups is 2. The highest BCUT2D eigenvalue weighted by Gasteiger charge is 2.54. The van der Waals surface area contributed by atoms with E-state index in [9.17, 15) is 24.3 Å². The van der Waals surface area contributed by atoms with E-state index in [1.165, 1.54) is 34.8 Å². The number of β-lactam (4-membered cyclic amide) rings is 1. The lowest BCUT2D eigenvalue weighted by atomic mass is 10.0. The Labute approximate surface area is 197 Å². The number of aliphatic carboxylic acids is 1. The van der Waals surface area contributed by atoms with E-state index in [0.29, 0.717) is 41.1 Å². The number of nitrogens with zero attached hydrogens (tertiary/aromatic N) is 5. The number of allylic oxidation sites excluding steroid dienone is 1. The zero-order chi connectivity index (χ0) is 23.3. The molecule has 33 heavy (non-hydrogen) atoms. The molecule has 2 saturated heterocycles. The van der Waals surface area contributed by atoms with Gasteiger partial charge in [0.2, 0.25) is 11.8 Å². The van der Waals surface area contributed by atoms with Gasteiger partial charge in [0, 0.05) is 31.0 Å². The zero-order valence-electron chi connectivity index (χ0n) is 17.8. The molecule has 13 heteroatoms. The second-order valence-corrected chi connectivity index (χ2v) is 10.3. The molecule has 1 saturated carbocycles. The average molecular weight is 491 g/mol. The first-order valence-electron chi connectivity index (χ1n) is 10.5. The molecule has 11 nitrogen and oxygen atoms in total.